The topological polar surface area (TPSA) is 67.1 Å². The molecule has 0 fully saturated rings. The van der Waals surface area contributed by atoms with Gasteiger partial charge in [0, 0.05) is 50.4 Å². The SMILES string of the molecule is CCc1nc(CCNC(=NC)NCCCn2cccn2)sc1C.I. The van der Waals surface area contributed by atoms with Crippen molar-refractivity contribution in [2.24, 2.45) is 4.99 Å². The molecule has 0 aliphatic carbocycles. The van der Waals surface area contributed by atoms with Gasteiger partial charge in [-0.15, -0.1) is 35.3 Å². The molecular formula is C16H27IN6S. The third-order valence-corrected chi connectivity index (χ3v) is 4.62. The Morgan fingerprint density at radius 3 is 2.75 bits per heavy atom. The van der Waals surface area contributed by atoms with E-state index in [4.69, 9.17) is 0 Å². The normalized spacial score (nSPS) is 11.2. The second-order valence-corrected chi connectivity index (χ2v) is 6.55. The summed E-state index contributed by atoms with van der Waals surface area (Å²) in [6.07, 6.45) is 6.73. The van der Waals surface area contributed by atoms with Crippen LogP contribution in [0.4, 0.5) is 0 Å². The van der Waals surface area contributed by atoms with Crippen molar-refractivity contribution < 1.29 is 0 Å². The smallest absolute Gasteiger partial charge is 0.190 e. The Labute approximate surface area is 165 Å². The molecule has 2 aromatic heterocycles. The summed E-state index contributed by atoms with van der Waals surface area (Å²) in [6.45, 7) is 6.92. The number of nitrogens with zero attached hydrogens (tertiary/aromatic N) is 4. The van der Waals surface area contributed by atoms with Crippen LogP contribution in [0.15, 0.2) is 23.5 Å². The van der Waals surface area contributed by atoms with Gasteiger partial charge in [-0.25, -0.2) is 4.98 Å². The lowest BCUT2D eigenvalue weighted by atomic mass is 10.3. The first-order chi connectivity index (χ1) is 11.2. The number of aliphatic imine (C=N–C) groups is 1. The van der Waals surface area contributed by atoms with Gasteiger partial charge in [0.25, 0.3) is 0 Å². The molecule has 0 aliphatic heterocycles. The highest BCUT2D eigenvalue weighted by Gasteiger charge is 2.06. The van der Waals surface area contributed by atoms with Crippen molar-refractivity contribution in [2.75, 3.05) is 20.1 Å². The van der Waals surface area contributed by atoms with Crippen LogP contribution >= 0.6 is 35.3 Å². The number of nitrogens with one attached hydrogen (secondary N) is 2. The summed E-state index contributed by atoms with van der Waals surface area (Å²) < 4.78 is 1.94. The lowest BCUT2D eigenvalue weighted by molar-refractivity contribution is 0.570. The van der Waals surface area contributed by atoms with Crippen molar-refractivity contribution in [3.63, 3.8) is 0 Å². The zero-order valence-electron chi connectivity index (χ0n) is 14.6. The standard InChI is InChI=1S/C16H26N6S.HI/c1-4-14-13(2)23-15(21-14)7-10-19-16(17-3)18-8-5-11-22-12-6-9-20-22;/h6,9,12H,4-5,7-8,10-11H2,1-3H3,(H2,17,18,19);1H. The van der Waals surface area contributed by atoms with Crippen LogP contribution in [-0.2, 0) is 19.4 Å². The molecule has 2 heterocycles. The van der Waals surface area contributed by atoms with Gasteiger partial charge in [-0.3, -0.25) is 9.67 Å². The second kappa shape index (κ2) is 11.4. The Hall–Kier alpha value is -1.16. The maximum Gasteiger partial charge on any atom is 0.190 e. The molecule has 2 rings (SSSR count). The molecule has 0 aromatic carbocycles. The summed E-state index contributed by atoms with van der Waals surface area (Å²) in [7, 11) is 1.80. The molecule has 0 unspecified atom stereocenters. The lowest BCUT2D eigenvalue weighted by Crippen LogP contribution is -2.39. The van der Waals surface area contributed by atoms with Crippen LogP contribution in [0.5, 0.6) is 0 Å². The molecule has 134 valence electrons. The van der Waals surface area contributed by atoms with Crippen LogP contribution in [0.25, 0.3) is 0 Å². The number of hydrogen-bond acceptors (Lipinski definition) is 4. The molecule has 0 saturated heterocycles. The summed E-state index contributed by atoms with van der Waals surface area (Å²) in [5.74, 6) is 0.842. The first-order valence-corrected chi connectivity index (χ1v) is 8.91. The van der Waals surface area contributed by atoms with E-state index < -0.39 is 0 Å². The number of halogens is 1. The van der Waals surface area contributed by atoms with Crippen LogP contribution in [-0.4, -0.2) is 40.9 Å². The lowest BCUT2D eigenvalue weighted by Gasteiger charge is -2.11. The maximum atomic E-state index is 4.66. The fourth-order valence-electron chi connectivity index (χ4n) is 2.31. The number of rotatable bonds is 8. The van der Waals surface area contributed by atoms with Crippen molar-refractivity contribution in [1.29, 1.82) is 0 Å². The molecule has 8 heteroatoms. The molecule has 0 atom stereocenters. The summed E-state index contributed by atoms with van der Waals surface area (Å²) >= 11 is 1.80. The summed E-state index contributed by atoms with van der Waals surface area (Å²) in [5, 5.41) is 12.1. The summed E-state index contributed by atoms with van der Waals surface area (Å²) in [4.78, 5) is 10.2. The zero-order valence-corrected chi connectivity index (χ0v) is 17.7. The minimum atomic E-state index is 0. The van der Waals surface area contributed by atoms with Crippen molar-refractivity contribution in [2.45, 2.75) is 39.7 Å². The maximum absolute atomic E-state index is 4.66. The molecule has 0 radical (unpaired) electrons. The number of hydrogen-bond donors (Lipinski definition) is 2. The van der Waals surface area contributed by atoms with Crippen LogP contribution < -0.4 is 10.6 Å². The van der Waals surface area contributed by atoms with Crippen LogP contribution in [0.3, 0.4) is 0 Å². The minimum absolute atomic E-state index is 0. The zero-order chi connectivity index (χ0) is 16.5. The monoisotopic (exact) mass is 462 g/mol. The highest BCUT2D eigenvalue weighted by atomic mass is 127. The quantitative estimate of drug-likeness (QED) is 0.274. The first-order valence-electron chi connectivity index (χ1n) is 8.10. The number of aromatic nitrogens is 3. The third-order valence-electron chi connectivity index (χ3n) is 3.54. The average Bonchev–Trinajstić information content (AvgIpc) is 3.19. The van der Waals surface area contributed by atoms with Crippen molar-refractivity contribution >= 4 is 41.3 Å². The Morgan fingerprint density at radius 1 is 1.33 bits per heavy atom. The van der Waals surface area contributed by atoms with Gasteiger partial charge in [0.05, 0.1) is 10.7 Å². The van der Waals surface area contributed by atoms with Gasteiger partial charge in [-0.1, -0.05) is 6.92 Å². The van der Waals surface area contributed by atoms with Gasteiger partial charge in [-0.2, -0.15) is 5.10 Å². The van der Waals surface area contributed by atoms with Gasteiger partial charge < -0.3 is 10.6 Å². The fourth-order valence-corrected chi connectivity index (χ4v) is 3.33. The van der Waals surface area contributed by atoms with Crippen molar-refractivity contribution in [3.8, 4) is 0 Å². The molecule has 0 aliphatic rings. The van der Waals surface area contributed by atoms with Crippen LogP contribution in [0.2, 0.25) is 0 Å². The predicted octanol–water partition coefficient (Wildman–Crippen LogP) is 2.63. The number of aryl methyl sites for hydroxylation is 3. The van der Waals surface area contributed by atoms with E-state index in [1.807, 2.05) is 16.9 Å². The van der Waals surface area contributed by atoms with E-state index in [0.29, 0.717) is 0 Å². The molecule has 0 spiro atoms. The number of guanidine groups is 1. The minimum Gasteiger partial charge on any atom is -0.356 e. The second-order valence-electron chi connectivity index (χ2n) is 5.26. The molecule has 24 heavy (non-hydrogen) atoms. The highest BCUT2D eigenvalue weighted by Crippen LogP contribution is 2.17. The van der Waals surface area contributed by atoms with E-state index in [1.54, 1.807) is 24.6 Å². The van der Waals surface area contributed by atoms with Gasteiger partial charge in [-0.05, 0) is 25.8 Å². The Bertz CT molecular complexity index is 608. The summed E-state index contributed by atoms with van der Waals surface area (Å²) in [6, 6.07) is 1.94. The molecule has 0 saturated carbocycles. The van der Waals surface area contributed by atoms with E-state index in [2.05, 4.69) is 39.6 Å². The van der Waals surface area contributed by atoms with Gasteiger partial charge in [0.2, 0.25) is 0 Å². The molecule has 6 nitrogen and oxygen atoms in total. The summed E-state index contributed by atoms with van der Waals surface area (Å²) in [5.41, 5.74) is 1.23. The Balaban J connectivity index is 0.00000288. The number of thiazole rings is 1. The predicted molar refractivity (Wildman–Crippen MR) is 112 cm³/mol. The van der Waals surface area contributed by atoms with Gasteiger partial charge in [0.15, 0.2) is 5.96 Å². The van der Waals surface area contributed by atoms with E-state index in [9.17, 15) is 0 Å². The van der Waals surface area contributed by atoms with E-state index in [1.165, 1.54) is 15.6 Å². The first kappa shape index (κ1) is 20.9. The molecule has 2 N–H and O–H groups in total. The Kier molecular flexibility index (Phi) is 9.92. The molecule has 2 aromatic rings. The molecule has 0 bridgehead atoms. The van der Waals surface area contributed by atoms with E-state index in [-0.39, 0.29) is 24.0 Å². The molecular weight excluding hydrogens is 435 g/mol. The third kappa shape index (κ3) is 6.76. The molecule has 0 amide bonds. The van der Waals surface area contributed by atoms with Crippen LogP contribution in [0.1, 0.15) is 28.9 Å². The van der Waals surface area contributed by atoms with Crippen molar-refractivity contribution in [1.82, 2.24) is 25.4 Å². The van der Waals surface area contributed by atoms with Gasteiger partial charge in [0.1, 0.15) is 0 Å². The van der Waals surface area contributed by atoms with E-state index >= 15 is 0 Å². The van der Waals surface area contributed by atoms with Gasteiger partial charge >= 0.3 is 0 Å². The Morgan fingerprint density at radius 2 is 2.12 bits per heavy atom. The largest absolute Gasteiger partial charge is 0.356 e. The van der Waals surface area contributed by atoms with Crippen LogP contribution in [0, 0.1) is 6.92 Å². The van der Waals surface area contributed by atoms with Crippen molar-refractivity contribution in [3.05, 3.63) is 34.0 Å². The fraction of sp³-hybridized carbons (Fsp3) is 0.562. The van der Waals surface area contributed by atoms with E-state index in [0.717, 1.165) is 44.9 Å². The highest BCUT2D eigenvalue weighted by molar-refractivity contribution is 14.0. The average molecular weight is 462 g/mol.